The number of amides is 3. The van der Waals surface area contributed by atoms with Crippen LogP contribution in [0.3, 0.4) is 0 Å². The first-order valence-corrected chi connectivity index (χ1v) is 13.6. The Morgan fingerprint density at radius 1 is 1.24 bits per heavy atom. The maximum atomic E-state index is 13.5. The molecule has 3 aromatic rings. The number of nitrogens with one attached hydrogen (secondary N) is 4. The van der Waals surface area contributed by atoms with Gasteiger partial charge < -0.3 is 25.7 Å². The fraction of sp³-hybridized carbons (Fsp3) is 0.423. The molecule has 1 saturated heterocycles. The third kappa shape index (κ3) is 6.33. The minimum absolute atomic E-state index is 0.0707. The molecule has 0 radical (unpaired) electrons. The van der Waals surface area contributed by atoms with Gasteiger partial charge in [-0.05, 0) is 43.4 Å². The molecule has 0 aliphatic carbocycles. The zero-order valence-electron chi connectivity index (χ0n) is 21.3. The Bertz CT molecular complexity index is 1350. The number of aromatic amines is 1. The van der Waals surface area contributed by atoms with E-state index in [1.165, 1.54) is 5.38 Å². The molecular weight excluding hydrogens is 530 g/mol. The summed E-state index contributed by atoms with van der Waals surface area (Å²) >= 11 is 6.99. The number of hydrogen-bond donors (Lipinski definition) is 4. The highest BCUT2D eigenvalue weighted by molar-refractivity contribution is 7.12. The minimum Gasteiger partial charge on any atom is -0.496 e. The Hall–Kier alpha value is -3.44. The van der Waals surface area contributed by atoms with Crippen LogP contribution in [0.5, 0.6) is 5.75 Å². The van der Waals surface area contributed by atoms with E-state index in [1.807, 2.05) is 26.0 Å². The number of carbonyl (C=O) groups excluding carboxylic acids is 4. The summed E-state index contributed by atoms with van der Waals surface area (Å²) in [4.78, 5) is 59.2. The van der Waals surface area contributed by atoms with E-state index in [9.17, 15) is 19.2 Å². The van der Waals surface area contributed by atoms with Gasteiger partial charge in [-0.25, -0.2) is 4.98 Å². The molecule has 1 aliphatic rings. The number of H-pyrrole nitrogens is 1. The number of ether oxygens (including phenoxy) is 1. The molecule has 1 aliphatic heterocycles. The molecule has 4 rings (SSSR count). The predicted octanol–water partition coefficient (Wildman–Crippen LogP) is 3.32. The number of rotatable bonds is 11. The summed E-state index contributed by atoms with van der Waals surface area (Å²) in [6.45, 7) is 4.38. The first-order valence-electron chi connectivity index (χ1n) is 12.4. The van der Waals surface area contributed by atoms with Crippen molar-refractivity contribution in [2.75, 3.05) is 13.7 Å². The molecule has 12 heteroatoms. The first kappa shape index (κ1) is 27.6. The molecule has 1 fully saturated rings. The van der Waals surface area contributed by atoms with E-state index in [0.717, 1.165) is 22.2 Å². The van der Waals surface area contributed by atoms with E-state index < -0.39 is 35.6 Å². The van der Waals surface area contributed by atoms with Crippen LogP contribution in [0.2, 0.25) is 5.15 Å². The molecule has 4 N–H and O–H groups in total. The van der Waals surface area contributed by atoms with Crippen molar-refractivity contribution in [3.63, 3.8) is 0 Å². The minimum atomic E-state index is -0.998. The third-order valence-electron chi connectivity index (χ3n) is 6.42. The van der Waals surface area contributed by atoms with Crippen LogP contribution < -0.4 is 20.7 Å². The molecule has 0 saturated carbocycles. The Morgan fingerprint density at radius 2 is 2.03 bits per heavy atom. The summed E-state index contributed by atoms with van der Waals surface area (Å²) in [6, 6.07) is 5.19. The van der Waals surface area contributed by atoms with Crippen LogP contribution in [0.15, 0.2) is 29.6 Å². The second-order valence-corrected chi connectivity index (χ2v) is 10.9. The van der Waals surface area contributed by atoms with E-state index in [4.69, 9.17) is 16.3 Å². The first-order chi connectivity index (χ1) is 18.2. The van der Waals surface area contributed by atoms with Crippen LogP contribution in [0.1, 0.15) is 53.4 Å². The van der Waals surface area contributed by atoms with Gasteiger partial charge in [-0.1, -0.05) is 31.5 Å². The molecule has 202 valence electrons. The highest BCUT2D eigenvalue weighted by atomic mass is 35.5. The lowest BCUT2D eigenvalue weighted by atomic mass is 9.95. The number of benzene rings is 1. The van der Waals surface area contributed by atoms with Gasteiger partial charge in [0.2, 0.25) is 17.6 Å². The average Bonchev–Trinajstić information content (AvgIpc) is 3.62. The number of carbonyl (C=O) groups is 4. The highest BCUT2D eigenvalue weighted by Crippen LogP contribution is 2.26. The third-order valence-corrected chi connectivity index (χ3v) is 7.60. The van der Waals surface area contributed by atoms with E-state index in [0.29, 0.717) is 25.1 Å². The summed E-state index contributed by atoms with van der Waals surface area (Å²) in [7, 11) is 1.55. The van der Waals surface area contributed by atoms with E-state index in [2.05, 4.69) is 25.9 Å². The van der Waals surface area contributed by atoms with Crippen molar-refractivity contribution in [2.24, 2.45) is 11.8 Å². The zero-order valence-corrected chi connectivity index (χ0v) is 22.9. The van der Waals surface area contributed by atoms with Crippen LogP contribution in [-0.4, -0.2) is 59.2 Å². The van der Waals surface area contributed by atoms with Crippen LogP contribution in [0, 0.1) is 11.8 Å². The topological polar surface area (TPSA) is 142 Å². The average molecular weight is 560 g/mol. The van der Waals surface area contributed by atoms with Crippen molar-refractivity contribution in [1.29, 1.82) is 0 Å². The van der Waals surface area contributed by atoms with E-state index in [1.54, 1.807) is 19.2 Å². The van der Waals surface area contributed by atoms with Gasteiger partial charge in [0.15, 0.2) is 5.01 Å². The van der Waals surface area contributed by atoms with Crippen LogP contribution >= 0.6 is 22.9 Å². The molecule has 0 spiro atoms. The Kier molecular flexibility index (Phi) is 8.68. The zero-order chi connectivity index (χ0) is 27.4. The van der Waals surface area contributed by atoms with Crippen molar-refractivity contribution in [3.05, 3.63) is 45.5 Å². The summed E-state index contributed by atoms with van der Waals surface area (Å²) in [5.41, 5.74) is 1.00. The smallest absolute Gasteiger partial charge is 0.268 e. The van der Waals surface area contributed by atoms with E-state index in [-0.39, 0.29) is 34.1 Å². The molecule has 38 heavy (non-hydrogen) atoms. The van der Waals surface area contributed by atoms with Gasteiger partial charge in [-0.3, -0.25) is 19.2 Å². The Balaban J connectivity index is 1.54. The summed E-state index contributed by atoms with van der Waals surface area (Å²) in [5, 5.41) is 11.0. The van der Waals surface area contributed by atoms with Gasteiger partial charge in [0.1, 0.15) is 22.6 Å². The van der Waals surface area contributed by atoms with E-state index >= 15 is 0 Å². The van der Waals surface area contributed by atoms with Gasteiger partial charge in [0.05, 0.1) is 13.2 Å². The molecule has 3 amide bonds. The number of fused-ring (bicyclic) bond motifs is 1. The molecule has 3 atom stereocenters. The van der Waals surface area contributed by atoms with Gasteiger partial charge in [0, 0.05) is 28.7 Å². The lowest BCUT2D eigenvalue weighted by molar-refractivity contribution is -0.125. The molecule has 1 aromatic carbocycles. The van der Waals surface area contributed by atoms with Gasteiger partial charge >= 0.3 is 0 Å². The lowest BCUT2D eigenvalue weighted by Gasteiger charge is -2.24. The SMILES string of the molecule is COc1cccc2[nH]c(C(=O)N[C@H](CC(C)C)C(=O)N[C@H](C[C@@H]3CCNC3=O)C(=O)c3nc(Cl)cs3)cc12. The number of aromatic nitrogens is 2. The maximum absolute atomic E-state index is 13.5. The van der Waals surface area contributed by atoms with Crippen LogP contribution in [0.25, 0.3) is 10.9 Å². The number of thiazole rings is 1. The van der Waals surface area contributed by atoms with Crippen molar-refractivity contribution < 1.29 is 23.9 Å². The monoisotopic (exact) mass is 559 g/mol. The fourth-order valence-electron chi connectivity index (χ4n) is 4.54. The summed E-state index contributed by atoms with van der Waals surface area (Å²) < 4.78 is 5.37. The summed E-state index contributed by atoms with van der Waals surface area (Å²) in [5.74, 6) is -1.29. The normalized spacial score (nSPS) is 16.8. The molecular formula is C26H30ClN5O5S. The lowest BCUT2D eigenvalue weighted by Crippen LogP contribution is -2.52. The molecule has 0 unspecified atom stereocenters. The van der Waals surface area contributed by atoms with Crippen LogP contribution in [0.4, 0.5) is 0 Å². The predicted molar refractivity (Wildman–Crippen MR) is 145 cm³/mol. The van der Waals surface area contributed by atoms with Crippen molar-refractivity contribution in [1.82, 2.24) is 25.9 Å². The molecule has 2 aromatic heterocycles. The largest absolute Gasteiger partial charge is 0.496 e. The van der Waals surface area contributed by atoms with Gasteiger partial charge in [0.25, 0.3) is 5.91 Å². The number of hydrogen-bond acceptors (Lipinski definition) is 7. The second-order valence-electron chi connectivity index (χ2n) is 9.67. The Labute approximate surface area is 228 Å². The number of ketones is 1. The maximum Gasteiger partial charge on any atom is 0.268 e. The standard InChI is InChI=1S/C26H30ClN5O5S/c1-13(2)9-18(31-25(36)19-11-15-16(29-19)5-4-6-20(15)37-3)24(35)30-17(10-14-7-8-28-23(14)34)22(33)26-32-21(27)12-38-26/h4-6,11-14,17-18,29H,7-10H2,1-3H3,(H,28,34)(H,30,35)(H,31,36)/t14-,17+,18+/m0/s1. The number of methoxy groups -OCH3 is 1. The van der Waals surface area contributed by atoms with Crippen molar-refractivity contribution >= 4 is 57.3 Å². The quantitative estimate of drug-likeness (QED) is 0.265. The number of Topliss-reactive ketones (excluding diaryl/α,β-unsaturated/α-hetero) is 1. The van der Waals surface area contributed by atoms with Crippen molar-refractivity contribution in [2.45, 2.75) is 45.2 Å². The Morgan fingerprint density at radius 3 is 2.66 bits per heavy atom. The van der Waals surface area contributed by atoms with Crippen molar-refractivity contribution in [3.8, 4) is 5.75 Å². The molecule has 0 bridgehead atoms. The highest BCUT2D eigenvalue weighted by Gasteiger charge is 2.34. The molecule has 3 heterocycles. The molecule has 10 nitrogen and oxygen atoms in total. The number of nitrogens with zero attached hydrogens (tertiary/aromatic N) is 1. The second kappa shape index (κ2) is 12.0. The van der Waals surface area contributed by atoms with Gasteiger partial charge in [-0.15, -0.1) is 11.3 Å². The summed E-state index contributed by atoms with van der Waals surface area (Å²) in [6.07, 6.45) is 1.03. The van der Waals surface area contributed by atoms with Gasteiger partial charge in [-0.2, -0.15) is 0 Å². The fourth-order valence-corrected chi connectivity index (χ4v) is 5.48. The number of halogens is 1. The van der Waals surface area contributed by atoms with Crippen LogP contribution in [-0.2, 0) is 9.59 Å².